The first-order chi connectivity index (χ1) is 15.3. The number of hydrogen-bond donors (Lipinski definition) is 3. The Morgan fingerprint density at radius 2 is 1.27 bits per heavy atom. The monoisotopic (exact) mass is 474 g/mol. The normalized spacial score (nSPS) is 13.2. The molecule has 2 unspecified atom stereocenters. The van der Waals surface area contributed by atoms with Crippen LogP contribution in [0.4, 0.5) is 0 Å². The van der Waals surface area contributed by atoms with Gasteiger partial charge in [-0.05, 0) is 25.7 Å². The van der Waals surface area contributed by atoms with Crippen LogP contribution in [0.1, 0.15) is 77.0 Å². The highest BCUT2D eigenvalue weighted by atomic mass is 16.5. The second-order valence-electron chi connectivity index (χ2n) is 9.45. The molecule has 0 heterocycles. The lowest BCUT2D eigenvalue weighted by Gasteiger charge is -2.28. The maximum absolute atomic E-state index is 12.2. The van der Waals surface area contributed by atoms with Crippen molar-refractivity contribution in [2.45, 2.75) is 83.2 Å². The minimum atomic E-state index is -1.15. The molecule has 0 fully saturated rings. The van der Waals surface area contributed by atoms with Gasteiger partial charge in [0.1, 0.15) is 18.2 Å². The average molecular weight is 475 g/mol. The molecule has 10 nitrogen and oxygen atoms in total. The largest absolute Gasteiger partial charge is 0.481 e. The van der Waals surface area contributed by atoms with Crippen molar-refractivity contribution in [3.05, 3.63) is 0 Å². The number of hydrogen-bond acceptors (Lipinski definition) is 6. The van der Waals surface area contributed by atoms with E-state index in [9.17, 15) is 29.1 Å². The van der Waals surface area contributed by atoms with Crippen molar-refractivity contribution in [3.63, 3.8) is 0 Å². The van der Waals surface area contributed by atoms with Crippen molar-refractivity contribution in [1.82, 2.24) is 0 Å². The third-order valence-corrected chi connectivity index (χ3v) is 5.08. The number of carbonyl (C=O) groups is 5. The van der Waals surface area contributed by atoms with E-state index in [2.05, 4.69) is 0 Å². The first kappa shape index (κ1) is 30.5. The maximum atomic E-state index is 12.2. The van der Waals surface area contributed by atoms with Crippen LogP contribution in [0.15, 0.2) is 0 Å². The minimum absolute atomic E-state index is 0.0925. The van der Waals surface area contributed by atoms with Crippen LogP contribution in [0.5, 0.6) is 0 Å². The number of esters is 1. The number of carbonyl (C=O) groups excluding carboxylic acids is 2. The molecular formula is C23H40NO9+. The fraction of sp³-hybridized carbons (Fsp3) is 0.783. The van der Waals surface area contributed by atoms with Crippen LogP contribution in [-0.4, -0.2) is 83.3 Å². The molecule has 0 aromatic rings. The molecule has 0 aliphatic carbocycles. The number of carboxylic acid groups (broad SMARTS) is 3. The summed E-state index contributed by atoms with van der Waals surface area (Å²) in [5.74, 6) is -4.91. The van der Waals surface area contributed by atoms with Crippen LogP contribution >= 0.6 is 0 Å². The zero-order valence-electron chi connectivity index (χ0n) is 20.1. The van der Waals surface area contributed by atoms with E-state index in [1.165, 1.54) is 0 Å². The van der Waals surface area contributed by atoms with Crippen LogP contribution in [-0.2, 0) is 28.7 Å². The Labute approximate surface area is 195 Å². The Bertz CT molecular complexity index is 655. The summed E-state index contributed by atoms with van der Waals surface area (Å²) in [4.78, 5) is 57.2. The second-order valence-corrected chi connectivity index (χ2v) is 9.45. The number of Topliss-reactive ketones (excluding diaryl/α,β-unsaturated/α-hetero) is 1. The minimum Gasteiger partial charge on any atom is -0.481 e. The molecule has 33 heavy (non-hydrogen) atoms. The van der Waals surface area contributed by atoms with Gasteiger partial charge in [-0.25, -0.2) is 0 Å². The number of unbranched alkanes of at least 4 members (excludes halogenated alkanes) is 5. The number of carboxylic acids is 3. The van der Waals surface area contributed by atoms with E-state index in [0.717, 1.165) is 0 Å². The SMILES string of the molecule is C[N+](C)(C)CC(CC(=O)O)OC(=O)CCCCCC(C(=O)O)C(=O)CCCCCCC(=O)O. The summed E-state index contributed by atoms with van der Waals surface area (Å²) in [6.45, 7) is 0.375. The smallest absolute Gasteiger partial charge is 0.314 e. The van der Waals surface area contributed by atoms with Crippen LogP contribution in [0.25, 0.3) is 0 Å². The number of ether oxygens (including phenoxy) is 1. The van der Waals surface area contributed by atoms with Gasteiger partial charge >= 0.3 is 23.9 Å². The van der Waals surface area contributed by atoms with E-state index < -0.39 is 35.9 Å². The molecule has 0 aromatic carbocycles. The Morgan fingerprint density at radius 3 is 1.79 bits per heavy atom. The van der Waals surface area contributed by atoms with Crippen LogP contribution < -0.4 is 0 Å². The van der Waals surface area contributed by atoms with Crippen molar-refractivity contribution in [2.75, 3.05) is 27.7 Å². The van der Waals surface area contributed by atoms with E-state index in [0.29, 0.717) is 56.0 Å². The van der Waals surface area contributed by atoms with Crippen molar-refractivity contribution in [1.29, 1.82) is 0 Å². The standard InChI is InChI=1S/C23H39NO9/c1-24(2,3)16-17(15-21(28)29)33-22(30)14-10-6-7-11-18(23(31)32)19(25)12-8-4-5-9-13-20(26)27/h17-18H,4-16H2,1-3H3,(H2-,26,27,28,29,31,32)/p+1. The molecule has 3 N–H and O–H groups in total. The number of aliphatic carboxylic acids is 3. The molecule has 0 aliphatic rings. The van der Waals surface area contributed by atoms with Gasteiger partial charge in [-0.15, -0.1) is 0 Å². The van der Waals surface area contributed by atoms with Gasteiger partial charge < -0.3 is 24.5 Å². The molecule has 0 rings (SSSR count). The summed E-state index contributed by atoms with van der Waals surface area (Å²) in [6, 6.07) is 0. The van der Waals surface area contributed by atoms with Gasteiger partial charge in [0.2, 0.25) is 0 Å². The molecule has 10 heteroatoms. The predicted octanol–water partition coefficient (Wildman–Crippen LogP) is 2.72. The Hall–Kier alpha value is -2.49. The number of nitrogens with zero attached hydrogens (tertiary/aromatic N) is 1. The molecule has 2 atom stereocenters. The summed E-state index contributed by atoms with van der Waals surface area (Å²) < 4.78 is 5.77. The van der Waals surface area contributed by atoms with E-state index in [4.69, 9.17) is 14.9 Å². The van der Waals surface area contributed by atoms with Crippen LogP contribution in [0.3, 0.4) is 0 Å². The molecule has 0 saturated carbocycles. The highest BCUT2D eigenvalue weighted by Gasteiger charge is 2.26. The summed E-state index contributed by atoms with van der Waals surface area (Å²) in [5.41, 5.74) is 0. The summed E-state index contributed by atoms with van der Waals surface area (Å²) in [6.07, 6.45) is 3.54. The quantitative estimate of drug-likeness (QED) is 0.104. The van der Waals surface area contributed by atoms with Gasteiger partial charge in [-0.3, -0.25) is 24.0 Å². The molecule has 0 spiro atoms. The van der Waals surface area contributed by atoms with Gasteiger partial charge in [0.25, 0.3) is 0 Å². The van der Waals surface area contributed by atoms with E-state index in [1.54, 1.807) is 0 Å². The van der Waals surface area contributed by atoms with Crippen molar-refractivity contribution in [2.24, 2.45) is 5.92 Å². The Kier molecular flexibility index (Phi) is 15.0. The van der Waals surface area contributed by atoms with E-state index >= 15 is 0 Å². The zero-order valence-corrected chi connectivity index (χ0v) is 20.1. The Balaban J connectivity index is 4.24. The first-order valence-electron chi connectivity index (χ1n) is 11.5. The molecule has 0 bridgehead atoms. The van der Waals surface area contributed by atoms with Gasteiger partial charge in [0.15, 0.2) is 6.10 Å². The van der Waals surface area contributed by atoms with Gasteiger partial charge in [0.05, 0.1) is 27.6 Å². The number of quaternary nitrogens is 1. The van der Waals surface area contributed by atoms with E-state index in [-0.39, 0.29) is 37.9 Å². The number of ketones is 1. The molecular weight excluding hydrogens is 434 g/mol. The third-order valence-electron chi connectivity index (χ3n) is 5.08. The predicted molar refractivity (Wildman–Crippen MR) is 120 cm³/mol. The first-order valence-corrected chi connectivity index (χ1v) is 11.5. The topological polar surface area (TPSA) is 155 Å². The molecule has 0 aliphatic heterocycles. The van der Waals surface area contributed by atoms with Crippen molar-refractivity contribution < 1.29 is 48.5 Å². The fourth-order valence-corrected chi connectivity index (χ4v) is 3.51. The third kappa shape index (κ3) is 17.7. The summed E-state index contributed by atoms with van der Waals surface area (Å²) >= 11 is 0. The lowest BCUT2D eigenvalue weighted by molar-refractivity contribution is -0.873. The lowest BCUT2D eigenvalue weighted by atomic mass is 9.93. The van der Waals surface area contributed by atoms with Gasteiger partial charge in [-0.1, -0.05) is 25.7 Å². The molecule has 190 valence electrons. The number of rotatable bonds is 20. The summed E-state index contributed by atoms with van der Waals surface area (Å²) in [7, 11) is 5.63. The fourth-order valence-electron chi connectivity index (χ4n) is 3.51. The second kappa shape index (κ2) is 16.2. The van der Waals surface area contributed by atoms with E-state index in [1.807, 2.05) is 21.1 Å². The molecule has 0 aromatic heterocycles. The molecule has 0 amide bonds. The highest BCUT2D eigenvalue weighted by molar-refractivity contribution is 5.98. The average Bonchev–Trinajstić information content (AvgIpc) is 2.64. The van der Waals surface area contributed by atoms with Gasteiger partial charge in [0, 0.05) is 19.3 Å². The Morgan fingerprint density at radius 1 is 0.727 bits per heavy atom. The molecule has 0 radical (unpaired) electrons. The van der Waals surface area contributed by atoms with Crippen molar-refractivity contribution in [3.8, 4) is 0 Å². The molecule has 0 saturated heterocycles. The maximum Gasteiger partial charge on any atom is 0.314 e. The number of likely N-dealkylation sites (N-methyl/N-ethyl adjacent to an activating group) is 1. The zero-order chi connectivity index (χ0) is 25.4. The van der Waals surface area contributed by atoms with Crippen LogP contribution in [0, 0.1) is 5.92 Å². The van der Waals surface area contributed by atoms with Gasteiger partial charge in [-0.2, -0.15) is 0 Å². The highest BCUT2D eigenvalue weighted by Crippen LogP contribution is 2.17. The van der Waals surface area contributed by atoms with Crippen molar-refractivity contribution >= 4 is 29.7 Å². The van der Waals surface area contributed by atoms with Crippen LogP contribution in [0.2, 0.25) is 0 Å². The summed E-state index contributed by atoms with van der Waals surface area (Å²) in [5, 5.41) is 26.9. The lowest BCUT2D eigenvalue weighted by Crippen LogP contribution is -2.43.